The van der Waals surface area contributed by atoms with E-state index in [1.54, 1.807) is 0 Å². The molecule has 1 aromatic carbocycles. The lowest BCUT2D eigenvalue weighted by Crippen LogP contribution is -2.35. The number of sulfone groups is 1. The molecule has 0 spiro atoms. The quantitative estimate of drug-likeness (QED) is 0.832. The molecule has 23 heavy (non-hydrogen) atoms. The molecule has 1 aliphatic rings. The fraction of sp³-hybridized carbons (Fsp3) is 0.500. The fourth-order valence-corrected chi connectivity index (χ4v) is 4.63. The second-order valence-corrected chi connectivity index (χ2v) is 8.22. The average molecular weight is 335 g/mol. The van der Waals surface area contributed by atoms with Gasteiger partial charge in [0.25, 0.3) is 0 Å². The Hall–Kier alpha value is -1.73. The largest absolute Gasteiger partial charge is 0.419 e. The summed E-state index contributed by atoms with van der Waals surface area (Å²) < 4.78 is 29.0. The second kappa shape index (κ2) is 6.41. The van der Waals surface area contributed by atoms with E-state index in [9.17, 15) is 8.42 Å². The Labute approximate surface area is 136 Å². The van der Waals surface area contributed by atoms with E-state index in [2.05, 4.69) is 15.1 Å². The monoisotopic (exact) mass is 335 g/mol. The summed E-state index contributed by atoms with van der Waals surface area (Å²) in [5.41, 5.74) is 2.06. The van der Waals surface area contributed by atoms with Crippen LogP contribution in [0.1, 0.15) is 24.8 Å². The molecule has 1 fully saturated rings. The molecule has 124 valence electrons. The van der Waals surface area contributed by atoms with Crippen molar-refractivity contribution in [3.05, 3.63) is 35.7 Å². The van der Waals surface area contributed by atoms with E-state index in [-0.39, 0.29) is 17.5 Å². The topological polar surface area (TPSA) is 76.3 Å². The maximum atomic E-state index is 11.7. The van der Waals surface area contributed by atoms with Crippen LogP contribution < -0.4 is 0 Å². The van der Waals surface area contributed by atoms with Crippen LogP contribution in [0.4, 0.5) is 0 Å². The van der Waals surface area contributed by atoms with E-state index in [4.69, 9.17) is 4.42 Å². The molecular formula is C16H21N3O3S. The van der Waals surface area contributed by atoms with Crippen molar-refractivity contribution in [2.24, 2.45) is 0 Å². The van der Waals surface area contributed by atoms with Crippen molar-refractivity contribution in [3.63, 3.8) is 0 Å². The van der Waals surface area contributed by atoms with Gasteiger partial charge >= 0.3 is 0 Å². The molecule has 1 saturated heterocycles. The van der Waals surface area contributed by atoms with Crippen LogP contribution in [0.25, 0.3) is 11.5 Å². The third-order valence-corrected chi connectivity index (χ3v) is 5.99. The van der Waals surface area contributed by atoms with E-state index in [1.807, 2.05) is 38.1 Å². The van der Waals surface area contributed by atoms with Gasteiger partial charge in [0.15, 0.2) is 9.84 Å². The summed E-state index contributed by atoms with van der Waals surface area (Å²) in [6.45, 7) is 5.28. The minimum atomic E-state index is -2.89. The first-order valence-electron chi connectivity index (χ1n) is 7.81. The molecule has 3 rings (SSSR count). The summed E-state index contributed by atoms with van der Waals surface area (Å²) in [7, 11) is -2.89. The Kier molecular flexibility index (Phi) is 4.50. The molecule has 6 nitrogen and oxygen atoms in total. The predicted molar refractivity (Wildman–Crippen MR) is 87.6 cm³/mol. The molecule has 0 N–H and O–H groups in total. The van der Waals surface area contributed by atoms with Gasteiger partial charge in [0, 0.05) is 11.6 Å². The second-order valence-electron chi connectivity index (χ2n) is 5.99. The van der Waals surface area contributed by atoms with Gasteiger partial charge in [-0.25, -0.2) is 8.42 Å². The lowest BCUT2D eigenvalue weighted by molar-refractivity contribution is 0.195. The third-order valence-electron chi connectivity index (χ3n) is 4.23. The molecular weight excluding hydrogens is 314 g/mol. The molecule has 1 aliphatic heterocycles. The maximum absolute atomic E-state index is 11.7. The normalized spacial score (nSPS) is 20.2. The van der Waals surface area contributed by atoms with Crippen molar-refractivity contribution in [1.29, 1.82) is 0 Å². The van der Waals surface area contributed by atoms with Crippen LogP contribution in [0.15, 0.2) is 28.7 Å². The van der Waals surface area contributed by atoms with Crippen molar-refractivity contribution in [1.82, 2.24) is 15.1 Å². The number of aromatic nitrogens is 2. The third kappa shape index (κ3) is 3.79. The molecule has 0 radical (unpaired) electrons. The fourth-order valence-electron chi connectivity index (χ4n) is 2.87. The molecule has 7 heteroatoms. The highest BCUT2D eigenvalue weighted by Gasteiger charge is 2.32. The van der Waals surface area contributed by atoms with Gasteiger partial charge in [0.05, 0.1) is 18.1 Å². The van der Waals surface area contributed by atoms with Crippen molar-refractivity contribution >= 4 is 9.84 Å². The van der Waals surface area contributed by atoms with E-state index in [1.165, 1.54) is 5.56 Å². The SMILES string of the molecule is CCN(Cc1nnc(-c2ccc(C)cc2)o1)C1CCS(=O)(=O)C1. The number of benzene rings is 1. The van der Waals surface area contributed by atoms with Crippen LogP contribution in [-0.4, -0.2) is 47.6 Å². The van der Waals surface area contributed by atoms with Crippen molar-refractivity contribution in [2.75, 3.05) is 18.1 Å². The molecule has 1 aromatic heterocycles. The molecule has 2 aromatic rings. The molecule has 1 atom stereocenters. The van der Waals surface area contributed by atoms with E-state index in [0.717, 1.165) is 12.1 Å². The summed E-state index contributed by atoms with van der Waals surface area (Å²) in [4.78, 5) is 2.09. The number of hydrogen-bond acceptors (Lipinski definition) is 6. The Bertz CT molecular complexity index is 768. The first-order chi connectivity index (χ1) is 11.0. The molecule has 2 heterocycles. The summed E-state index contributed by atoms with van der Waals surface area (Å²) in [5, 5.41) is 8.20. The number of nitrogens with zero attached hydrogens (tertiary/aromatic N) is 3. The average Bonchev–Trinajstić information content (AvgIpc) is 3.12. The van der Waals surface area contributed by atoms with E-state index < -0.39 is 9.84 Å². The molecule has 1 unspecified atom stereocenters. The minimum absolute atomic E-state index is 0.0414. The number of hydrogen-bond donors (Lipinski definition) is 0. The Morgan fingerprint density at radius 3 is 2.61 bits per heavy atom. The smallest absolute Gasteiger partial charge is 0.247 e. The van der Waals surface area contributed by atoms with Crippen LogP contribution in [-0.2, 0) is 16.4 Å². The lowest BCUT2D eigenvalue weighted by Gasteiger charge is -2.24. The first-order valence-corrected chi connectivity index (χ1v) is 9.63. The number of aryl methyl sites for hydroxylation is 1. The van der Waals surface area contributed by atoms with Crippen LogP contribution in [0.3, 0.4) is 0 Å². The molecule has 0 amide bonds. The molecule has 0 saturated carbocycles. The van der Waals surface area contributed by atoms with Gasteiger partial charge in [0.1, 0.15) is 0 Å². The Morgan fingerprint density at radius 1 is 1.26 bits per heavy atom. The molecule has 0 bridgehead atoms. The predicted octanol–water partition coefficient (Wildman–Crippen LogP) is 2.05. The highest BCUT2D eigenvalue weighted by Crippen LogP contribution is 2.22. The summed E-state index contributed by atoms with van der Waals surface area (Å²) in [6.07, 6.45) is 0.676. The van der Waals surface area contributed by atoms with Gasteiger partial charge in [0.2, 0.25) is 11.8 Å². The van der Waals surface area contributed by atoms with E-state index in [0.29, 0.717) is 24.7 Å². The summed E-state index contributed by atoms with van der Waals surface area (Å²) in [5.74, 6) is 1.51. The first kappa shape index (κ1) is 16.1. The van der Waals surface area contributed by atoms with Gasteiger partial charge in [-0.3, -0.25) is 4.90 Å². The van der Waals surface area contributed by atoms with Crippen molar-refractivity contribution in [2.45, 2.75) is 32.9 Å². The highest BCUT2D eigenvalue weighted by atomic mass is 32.2. The zero-order valence-electron chi connectivity index (χ0n) is 13.4. The standard InChI is InChI=1S/C16H21N3O3S/c1-3-19(14-8-9-23(20,21)11-14)10-15-17-18-16(22-15)13-6-4-12(2)5-7-13/h4-7,14H,3,8-11H2,1-2H3. The lowest BCUT2D eigenvalue weighted by atomic mass is 10.1. The zero-order valence-corrected chi connectivity index (χ0v) is 14.2. The van der Waals surface area contributed by atoms with Gasteiger partial charge in [-0.2, -0.15) is 0 Å². The molecule has 0 aliphatic carbocycles. The maximum Gasteiger partial charge on any atom is 0.247 e. The minimum Gasteiger partial charge on any atom is -0.419 e. The van der Waals surface area contributed by atoms with Gasteiger partial charge in [-0.05, 0) is 32.0 Å². The highest BCUT2D eigenvalue weighted by molar-refractivity contribution is 7.91. The van der Waals surface area contributed by atoms with Gasteiger partial charge in [-0.15, -0.1) is 10.2 Å². The number of rotatable bonds is 5. The van der Waals surface area contributed by atoms with Crippen molar-refractivity contribution < 1.29 is 12.8 Å². The van der Waals surface area contributed by atoms with Crippen LogP contribution in [0.2, 0.25) is 0 Å². The van der Waals surface area contributed by atoms with Crippen LogP contribution in [0, 0.1) is 6.92 Å². The van der Waals surface area contributed by atoms with Gasteiger partial charge < -0.3 is 4.42 Å². The Balaban J connectivity index is 1.71. The summed E-state index contributed by atoms with van der Waals surface area (Å²) >= 11 is 0. The van der Waals surface area contributed by atoms with Crippen molar-refractivity contribution in [3.8, 4) is 11.5 Å². The Morgan fingerprint density at radius 2 is 2.00 bits per heavy atom. The van der Waals surface area contributed by atoms with E-state index >= 15 is 0 Å². The van der Waals surface area contributed by atoms with Crippen LogP contribution >= 0.6 is 0 Å². The van der Waals surface area contributed by atoms with Gasteiger partial charge in [-0.1, -0.05) is 24.6 Å². The van der Waals surface area contributed by atoms with Crippen LogP contribution in [0.5, 0.6) is 0 Å². The summed E-state index contributed by atoms with van der Waals surface area (Å²) in [6, 6.07) is 7.95. The zero-order chi connectivity index (χ0) is 16.4.